The fourth-order valence-electron chi connectivity index (χ4n) is 3.20. The first-order valence-electron chi connectivity index (χ1n) is 9.75. The average molecular weight is 400 g/mol. The third-order valence-corrected chi connectivity index (χ3v) is 4.79. The highest BCUT2D eigenvalue weighted by Gasteiger charge is 2.10. The van der Waals surface area contributed by atoms with E-state index in [9.17, 15) is 0 Å². The van der Waals surface area contributed by atoms with Crippen molar-refractivity contribution in [2.45, 2.75) is 19.5 Å². The SMILES string of the molecule is CN=C(NCc1cccc(-c2ncn[nH]2)c1)NC(C)c1cccc(-n2cccn2)c1. The van der Waals surface area contributed by atoms with Gasteiger partial charge in [0.1, 0.15) is 6.33 Å². The number of benzene rings is 2. The lowest BCUT2D eigenvalue weighted by molar-refractivity contribution is 0.684. The van der Waals surface area contributed by atoms with E-state index in [0.717, 1.165) is 34.2 Å². The minimum Gasteiger partial charge on any atom is -0.352 e. The molecule has 0 amide bonds. The molecule has 4 rings (SSSR count). The molecule has 0 radical (unpaired) electrons. The number of H-pyrrole nitrogens is 1. The molecule has 152 valence electrons. The summed E-state index contributed by atoms with van der Waals surface area (Å²) in [5, 5.41) is 17.9. The third kappa shape index (κ3) is 4.54. The molecule has 2 aromatic heterocycles. The molecule has 8 heteroatoms. The van der Waals surface area contributed by atoms with E-state index in [1.54, 1.807) is 13.2 Å². The first-order valence-corrected chi connectivity index (χ1v) is 9.75. The summed E-state index contributed by atoms with van der Waals surface area (Å²) in [5.74, 6) is 1.49. The number of nitrogens with zero attached hydrogens (tertiary/aromatic N) is 5. The molecule has 0 aliphatic rings. The summed E-state index contributed by atoms with van der Waals surface area (Å²) in [7, 11) is 1.77. The van der Waals surface area contributed by atoms with E-state index in [2.05, 4.69) is 67.1 Å². The van der Waals surface area contributed by atoms with Gasteiger partial charge >= 0.3 is 0 Å². The maximum atomic E-state index is 4.36. The van der Waals surface area contributed by atoms with Crippen molar-refractivity contribution in [2.75, 3.05) is 7.05 Å². The summed E-state index contributed by atoms with van der Waals surface area (Å²) in [6, 6.07) is 18.4. The van der Waals surface area contributed by atoms with Crippen LogP contribution in [0, 0.1) is 0 Å². The van der Waals surface area contributed by atoms with E-state index < -0.39 is 0 Å². The van der Waals surface area contributed by atoms with Crippen LogP contribution in [-0.2, 0) is 6.54 Å². The summed E-state index contributed by atoms with van der Waals surface area (Å²) in [5.41, 5.74) is 4.30. The van der Waals surface area contributed by atoms with Crippen molar-refractivity contribution in [2.24, 2.45) is 4.99 Å². The molecular weight excluding hydrogens is 376 g/mol. The summed E-state index contributed by atoms with van der Waals surface area (Å²) >= 11 is 0. The van der Waals surface area contributed by atoms with Crippen molar-refractivity contribution in [3.05, 3.63) is 84.4 Å². The second-order valence-corrected chi connectivity index (χ2v) is 6.87. The van der Waals surface area contributed by atoms with Gasteiger partial charge in [-0.05, 0) is 42.3 Å². The van der Waals surface area contributed by atoms with Crippen molar-refractivity contribution in [3.63, 3.8) is 0 Å². The number of rotatable bonds is 6. The highest BCUT2D eigenvalue weighted by Crippen LogP contribution is 2.17. The Morgan fingerprint density at radius 1 is 1.17 bits per heavy atom. The third-order valence-electron chi connectivity index (χ3n) is 4.79. The summed E-state index contributed by atoms with van der Waals surface area (Å²) < 4.78 is 1.85. The fourth-order valence-corrected chi connectivity index (χ4v) is 3.20. The second kappa shape index (κ2) is 9.04. The van der Waals surface area contributed by atoms with Gasteiger partial charge in [-0.2, -0.15) is 10.2 Å². The summed E-state index contributed by atoms with van der Waals surface area (Å²) in [6.07, 6.45) is 5.22. The summed E-state index contributed by atoms with van der Waals surface area (Å²) in [6.45, 7) is 2.75. The number of aliphatic imine (C=N–C) groups is 1. The normalized spacial score (nSPS) is 12.5. The lowest BCUT2D eigenvalue weighted by Crippen LogP contribution is -2.38. The molecule has 2 aromatic carbocycles. The van der Waals surface area contributed by atoms with Crippen LogP contribution < -0.4 is 10.6 Å². The molecule has 0 aliphatic carbocycles. The van der Waals surface area contributed by atoms with Gasteiger partial charge < -0.3 is 10.6 Å². The number of hydrogen-bond acceptors (Lipinski definition) is 4. The first-order chi connectivity index (χ1) is 14.7. The van der Waals surface area contributed by atoms with Crippen LogP contribution in [0.15, 0.2) is 78.3 Å². The Hall–Kier alpha value is -3.94. The van der Waals surface area contributed by atoms with Gasteiger partial charge in [-0.1, -0.05) is 30.3 Å². The van der Waals surface area contributed by atoms with Crippen LogP contribution in [0.1, 0.15) is 24.1 Å². The van der Waals surface area contributed by atoms with Gasteiger partial charge in [0.05, 0.1) is 11.7 Å². The first kappa shape index (κ1) is 19.4. The van der Waals surface area contributed by atoms with Crippen LogP contribution in [-0.4, -0.2) is 38.0 Å². The Morgan fingerprint density at radius 2 is 2.07 bits per heavy atom. The molecule has 4 aromatic rings. The Morgan fingerprint density at radius 3 is 2.83 bits per heavy atom. The average Bonchev–Trinajstić information content (AvgIpc) is 3.51. The van der Waals surface area contributed by atoms with Gasteiger partial charge in [0.25, 0.3) is 0 Å². The van der Waals surface area contributed by atoms with E-state index in [1.807, 2.05) is 41.2 Å². The van der Waals surface area contributed by atoms with E-state index in [1.165, 1.54) is 6.33 Å². The Kier molecular flexibility index (Phi) is 5.84. The molecule has 1 atom stereocenters. The van der Waals surface area contributed by atoms with Gasteiger partial charge in [0.15, 0.2) is 11.8 Å². The molecule has 2 heterocycles. The van der Waals surface area contributed by atoms with Crippen LogP contribution in [0.4, 0.5) is 0 Å². The van der Waals surface area contributed by atoms with Gasteiger partial charge in [-0.25, -0.2) is 9.67 Å². The molecule has 1 unspecified atom stereocenters. The lowest BCUT2D eigenvalue weighted by atomic mass is 10.1. The van der Waals surface area contributed by atoms with Crippen LogP contribution in [0.3, 0.4) is 0 Å². The molecule has 0 bridgehead atoms. The number of hydrogen-bond donors (Lipinski definition) is 3. The predicted octanol–water partition coefficient (Wildman–Crippen LogP) is 3.08. The van der Waals surface area contributed by atoms with E-state index in [-0.39, 0.29) is 6.04 Å². The second-order valence-electron chi connectivity index (χ2n) is 6.87. The number of guanidine groups is 1. The molecule has 8 nitrogen and oxygen atoms in total. The molecule has 0 aliphatic heterocycles. The quantitative estimate of drug-likeness (QED) is 0.341. The van der Waals surface area contributed by atoms with Gasteiger partial charge in [-0.3, -0.25) is 10.1 Å². The molecule has 0 saturated carbocycles. The van der Waals surface area contributed by atoms with Crippen molar-refractivity contribution in [1.82, 2.24) is 35.6 Å². The largest absolute Gasteiger partial charge is 0.352 e. The fraction of sp³-hybridized carbons (Fsp3) is 0.182. The number of aromatic nitrogens is 5. The lowest BCUT2D eigenvalue weighted by Gasteiger charge is -2.19. The minimum atomic E-state index is 0.0761. The Bertz CT molecular complexity index is 1100. The van der Waals surface area contributed by atoms with E-state index in [4.69, 9.17) is 0 Å². The number of aromatic amines is 1. The molecule has 0 spiro atoms. The van der Waals surface area contributed by atoms with Gasteiger partial charge in [0.2, 0.25) is 0 Å². The van der Waals surface area contributed by atoms with Crippen LogP contribution in [0.25, 0.3) is 17.1 Å². The van der Waals surface area contributed by atoms with Crippen LogP contribution >= 0.6 is 0 Å². The van der Waals surface area contributed by atoms with Crippen LogP contribution in [0.2, 0.25) is 0 Å². The molecular formula is C22H24N8. The van der Waals surface area contributed by atoms with Gasteiger partial charge in [0, 0.05) is 31.5 Å². The minimum absolute atomic E-state index is 0.0761. The molecule has 0 saturated heterocycles. The Balaban J connectivity index is 1.40. The monoisotopic (exact) mass is 400 g/mol. The summed E-state index contributed by atoms with van der Waals surface area (Å²) in [4.78, 5) is 8.57. The highest BCUT2D eigenvalue weighted by atomic mass is 15.3. The predicted molar refractivity (Wildman–Crippen MR) is 117 cm³/mol. The van der Waals surface area contributed by atoms with E-state index >= 15 is 0 Å². The highest BCUT2D eigenvalue weighted by molar-refractivity contribution is 5.80. The van der Waals surface area contributed by atoms with Crippen molar-refractivity contribution in [3.8, 4) is 17.1 Å². The molecule has 3 N–H and O–H groups in total. The van der Waals surface area contributed by atoms with E-state index in [0.29, 0.717) is 6.54 Å². The van der Waals surface area contributed by atoms with Crippen molar-refractivity contribution in [1.29, 1.82) is 0 Å². The van der Waals surface area contributed by atoms with Crippen molar-refractivity contribution < 1.29 is 0 Å². The maximum absolute atomic E-state index is 4.36. The molecule has 0 fully saturated rings. The Labute approximate surface area is 175 Å². The standard InChI is InChI=1S/C22H24N8/c1-16(18-7-4-9-20(13-18)30-11-5-10-27-30)28-22(23-2)24-14-17-6-3-8-19(12-17)21-25-15-26-29-21/h3-13,15-16H,14H2,1-2H3,(H2,23,24,28)(H,25,26,29). The smallest absolute Gasteiger partial charge is 0.191 e. The van der Waals surface area contributed by atoms with Gasteiger partial charge in [-0.15, -0.1) is 0 Å². The molecule has 30 heavy (non-hydrogen) atoms. The number of nitrogens with one attached hydrogen (secondary N) is 3. The van der Waals surface area contributed by atoms with Crippen molar-refractivity contribution >= 4 is 5.96 Å². The zero-order chi connectivity index (χ0) is 20.8. The zero-order valence-electron chi connectivity index (χ0n) is 16.9. The maximum Gasteiger partial charge on any atom is 0.191 e. The topological polar surface area (TPSA) is 95.8 Å². The van der Waals surface area contributed by atoms with Crippen LogP contribution in [0.5, 0.6) is 0 Å². The zero-order valence-corrected chi connectivity index (χ0v) is 16.9.